The monoisotopic (exact) mass is 382 g/mol. The fourth-order valence-corrected chi connectivity index (χ4v) is 2.91. The topological polar surface area (TPSA) is 89.3 Å². The van der Waals surface area contributed by atoms with E-state index in [0.717, 1.165) is 21.9 Å². The summed E-state index contributed by atoms with van der Waals surface area (Å²) in [6.45, 7) is 0. The number of carboxylic acid groups (broad SMARTS) is 1. The van der Waals surface area contributed by atoms with E-state index in [-0.39, 0.29) is 0 Å². The third kappa shape index (κ3) is 5.02. The van der Waals surface area contributed by atoms with E-state index in [2.05, 4.69) is 0 Å². The van der Waals surface area contributed by atoms with Gasteiger partial charge in [-0.15, -0.1) is 0 Å². The van der Waals surface area contributed by atoms with E-state index in [0.29, 0.717) is 16.9 Å². The molecule has 4 heteroatoms. The Morgan fingerprint density at radius 1 is 0.724 bits per heavy atom. The van der Waals surface area contributed by atoms with Crippen LogP contribution < -0.4 is 11.5 Å². The van der Waals surface area contributed by atoms with E-state index in [1.165, 1.54) is 0 Å². The van der Waals surface area contributed by atoms with Crippen LogP contribution in [0.5, 0.6) is 0 Å². The van der Waals surface area contributed by atoms with Gasteiger partial charge in [0.2, 0.25) is 0 Å². The van der Waals surface area contributed by atoms with Crippen molar-refractivity contribution in [3.63, 3.8) is 0 Å². The molecule has 4 nitrogen and oxygen atoms in total. The van der Waals surface area contributed by atoms with Crippen molar-refractivity contribution in [1.29, 1.82) is 0 Å². The molecular formula is C25H22N2O2. The molecule has 0 spiro atoms. The Morgan fingerprint density at radius 2 is 1.38 bits per heavy atom. The van der Waals surface area contributed by atoms with E-state index in [4.69, 9.17) is 16.6 Å². The van der Waals surface area contributed by atoms with E-state index in [1.54, 1.807) is 18.2 Å². The van der Waals surface area contributed by atoms with Crippen molar-refractivity contribution >= 4 is 40.3 Å². The van der Waals surface area contributed by atoms with Gasteiger partial charge in [0.25, 0.3) is 0 Å². The van der Waals surface area contributed by atoms with Crippen molar-refractivity contribution in [3.05, 3.63) is 108 Å². The number of aromatic carboxylic acids is 1. The van der Waals surface area contributed by atoms with Gasteiger partial charge in [-0.2, -0.15) is 0 Å². The minimum Gasteiger partial charge on any atom is -0.478 e. The molecule has 0 heterocycles. The second-order valence-corrected chi connectivity index (χ2v) is 6.43. The number of carbonyl (C=O) groups is 1. The Bertz CT molecular complexity index is 1150. The Balaban J connectivity index is 0.000000169. The van der Waals surface area contributed by atoms with Gasteiger partial charge in [-0.25, -0.2) is 4.79 Å². The number of carboxylic acids is 1. The minimum atomic E-state index is -0.878. The van der Waals surface area contributed by atoms with Crippen molar-refractivity contribution in [1.82, 2.24) is 0 Å². The Hall–Kier alpha value is -4.05. The van der Waals surface area contributed by atoms with E-state index >= 15 is 0 Å². The van der Waals surface area contributed by atoms with Gasteiger partial charge >= 0.3 is 5.97 Å². The molecule has 0 saturated carbocycles. The average Bonchev–Trinajstić information content (AvgIpc) is 2.75. The van der Waals surface area contributed by atoms with E-state index < -0.39 is 5.97 Å². The molecule has 0 radical (unpaired) electrons. The highest BCUT2D eigenvalue weighted by molar-refractivity contribution is 6.03. The summed E-state index contributed by atoms with van der Waals surface area (Å²) in [4.78, 5) is 10.8. The third-order valence-electron chi connectivity index (χ3n) is 4.45. The van der Waals surface area contributed by atoms with Crippen molar-refractivity contribution in [2.45, 2.75) is 0 Å². The summed E-state index contributed by atoms with van der Waals surface area (Å²) in [6.07, 6.45) is 3.99. The molecule has 0 aromatic heterocycles. The van der Waals surface area contributed by atoms with Gasteiger partial charge in [0.1, 0.15) is 0 Å². The summed E-state index contributed by atoms with van der Waals surface area (Å²) in [7, 11) is 0. The Kier molecular flexibility index (Phi) is 6.28. The summed E-state index contributed by atoms with van der Waals surface area (Å²) < 4.78 is 0. The molecule has 5 N–H and O–H groups in total. The molecule has 144 valence electrons. The van der Waals surface area contributed by atoms with Crippen molar-refractivity contribution in [2.75, 3.05) is 11.5 Å². The molecule has 0 aliphatic carbocycles. The maximum atomic E-state index is 10.8. The normalized spacial score (nSPS) is 10.5. The van der Waals surface area contributed by atoms with Crippen LogP contribution in [0.15, 0.2) is 91.0 Å². The lowest BCUT2D eigenvalue weighted by molar-refractivity contribution is 0.0699. The lowest BCUT2D eigenvalue weighted by Crippen LogP contribution is -1.96. The number of rotatable bonds is 3. The molecule has 0 aliphatic rings. The zero-order valence-corrected chi connectivity index (χ0v) is 15.8. The number of para-hydroxylation sites is 1. The molecule has 0 saturated heterocycles. The van der Waals surface area contributed by atoms with Crippen LogP contribution in [0.3, 0.4) is 0 Å². The molecule has 4 aromatic rings. The number of hydrogen-bond acceptors (Lipinski definition) is 3. The van der Waals surface area contributed by atoms with Crippen molar-refractivity contribution in [3.8, 4) is 0 Å². The van der Waals surface area contributed by atoms with Crippen molar-refractivity contribution < 1.29 is 9.90 Å². The van der Waals surface area contributed by atoms with Crippen LogP contribution in [0.4, 0.5) is 11.4 Å². The van der Waals surface area contributed by atoms with E-state index in [9.17, 15) is 4.79 Å². The quantitative estimate of drug-likeness (QED) is 0.320. The van der Waals surface area contributed by atoms with Gasteiger partial charge in [0, 0.05) is 0 Å². The molecule has 4 aromatic carbocycles. The third-order valence-corrected chi connectivity index (χ3v) is 4.45. The Labute approximate surface area is 169 Å². The number of benzene rings is 4. The first kappa shape index (κ1) is 19.7. The van der Waals surface area contributed by atoms with E-state index in [1.807, 2.05) is 84.9 Å². The first-order valence-corrected chi connectivity index (χ1v) is 9.14. The summed E-state index contributed by atoms with van der Waals surface area (Å²) in [5.74, 6) is -0.878. The van der Waals surface area contributed by atoms with Crippen molar-refractivity contribution in [2.24, 2.45) is 0 Å². The maximum Gasteiger partial charge on any atom is 0.336 e. The molecule has 29 heavy (non-hydrogen) atoms. The first-order chi connectivity index (χ1) is 14.1. The summed E-state index contributed by atoms with van der Waals surface area (Å²) in [5, 5.41) is 10.6. The van der Waals surface area contributed by atoms with Gasteiger partial charge in [0.15, 0.2) is 0 Å². The van der Waals surface area contributed by atoms with Crippen LogP contribution in [0.1, 0.15) is 21.5 Å². The Morgan fingerprint density at radius 3 is 2.14 bits per heavy atom. The lowest BCUT2D eigenvalue weighted by Gasteiger charge is -2.03. The predicted molar refractivity (Wildman–Crippen MR) is 122 cm³/mol. The molecule has 0 bridgehead atoms. The van der Waals surface area contributed by atoms with Gasteiger partial charge in [-0.1, -0.05) is 91.0 Å². The smallest absolute Gasteiger partial charge is 0.336 e. The molecule has 0 atom stereocenters. The summed E-state index contributed by atoms with van der Waals surface area (Å²) in [5.41, 5.74) is 15.3. The summed E-state index contributed by atoms with van der Waals surface area (Å²) >= 11 is 0. The highest BCUT2D eigenvalue weighted by atomic mass is 16.4. The van der Waals surface area contributed by atoms with Crippen LogP contribution >= 0.6 is 0 Å². The van der Waals surface area contributed by atoms with Crippen LogP contribution in [-0.4, -0.2) is 11.1 Å². The highest BCUT2D eigenvalue weighted by Gasteiger charge is 2.05. The standard InChI is InChI=1S/C14H14N2.C11H8O2/c15-13-8-4-7-12(14(13)16)10-9-11-5-2-1-3-6-11;12-11(13)10-7-3-5-8-4-1-2-6-9(8)10/h1-10H,15-16H2;1-7H,(H,12,13). The number of hydrogen-bond donors (Lipinski definition) is 3. The molecular weight excluding hydrogens is 360 g/mol. The van der Waals surface area contributed by atoms with Crippen LogP contribution in [0, 0.1) is 0 Å². The van der Waals surface area contributed by atoms with Gasteiger partial charge < -0.3 is 16.6 Å². The zero-order valence-electron chi connectivity index (χ0n) is 15.8. The predicted octanol–water partition coefficient (Wildman–Crippen LogP) is 5.56. The first-order valence-electron chi connectivity index (χ1n) is 9.14. The molecule has 0 aliphatic heterocycles. The second-order valence-electron chi connectivity index (χ2n) is 6.43. The minimum absolute atomic E-state index is 0.359. The van der Waals surface area contributed by atoms with Crippen LogP contribution in [0.25, 0.3) is 22.9 Å². The fraction of sp³-hybridized carbons (Fsp3) is 0. The zero-order chi connectivity index (χ0) is 20.6. The van der Waals surface area contributed by atoms with Crippen LogP contribution in [-0.2, 0) is 0 Å². The summed E-state index contributed by atoms with van der Waals surface area (Å²) in [6, 6.07) is 28.5. The number of anilines is 2. The van der Waals surface area contributed by atoms with Gasteiger partial charge in [0.05, 0.1) is 16.9 Å². The van der Waals surface area contributed by atoms with Gasteiger partial charge in [-0.05, 0) is 34.0 Å². The average molecular weight is 382 g/mol. The number of nitrogen functional groups attached to an aromatic ring is 2. The maximum absolute atomic E-state index is 10.8. The molecule has 0 amide bonds. The molecule has 0 unspecified atom stereocenters. The number of fused-ring (bicyclic) bond motifs is 1. The SMILES string of the molecule is Nc1cccc(C=Cc2ccccc2)c1N.O=C(O)c1cccc2ccccc12. The number of nitrogens with two attached hydrogens (primary N) is 2. The molecule has 0 fully saturated rings. The fourth-order valence-electron chi connectivity index (χ4n) is 2.91. The highest BCUT2D eigenvalue weighted by Crippen LogP contribution is 2.21. The molecule has 4 rings (SSSR count). The van der Waals surface area contributed by atoms with Crippen LogP contribution in [0.2, 0.25) is 0 Å². The lowest BCUT2D eigenvalue weighted by atomic mass is 10.1. The second kappa shape index (κ2) is 9.24. The van der Waals surface area contributed by atoms with Gasteiger partial charge in [-0.3, -0.25) is 0 Å². The largest absolute Gasteiger partial charge is 0.478 e.